The van der Waals surface area contributed by atoms with Crippen LogP contribution >= 0.6 is 0 Å². The lowest BCUT2D eigenvalue weighted by atomic mass is 10.0. The van der Waals surface area contributed by atoms with E-state index in [9.17, 15) is 24.0 Å². The molecule has 0 radical (unpaired) electrons. The van der Waals surface area contributed by atoms with Crippen molar-refractivity contribution < 1.29 is 38.2 Å². The fourth-order valence-corrected chi connectivity index (χ4v) is 3.65. The topological polar surface area (TPSA) is 149 Å². The van der Waals surface area contributed by atoms with Crippen molar-refractivity contribution in [2.75, 3.05) is 13.2 Å². The summed E-state index contributed by atoms with van der Waals surface area (Å²) < 4.78 is 15.5. The highest BCUT2D eigenvalue weighted by Gasteiger charge is 2.33. The lowest BCUT2D eigenvalue weighted by Gasteiger charge is -2.26. The van der Waals surface area contributed by atoms with Crippen molar-refractivity contribution in [3.05, 3.63) is 35.9 Å². The van der Waals surface area contributed by atoms with Crippen LogP contribution < -0.4 is 16.0 Å². The third-order valence-electron chi connectivity index (χ3n) is 5.79. The average molecular weight is 564 g/mol. The van der Waals surface area contributed by atoms with Gasteiger partial charge >= 0.3 is 18.0 Å². The van der Waals surface area contributed by atoms with Crippen molar-refractivity contribution in [1.82, 2.24) is 16.0 Å². The maximum atomic E-state index is 13.3. The molecule has 0 fully saturated rings. The zero-order valence-electron chi connectivity index (χ0n) is 24.5. The quantitative estimate of drug-likeness (QED) is 0.149. The van der Waals surface area contributed by atoms with E-state index in [0.29, 0.717) is 12.8 Å². The molecule has 1 rings (SSSR count). The first-order valence-corrected chi connectivity index (χ1v) is 13.9. The second kappa shape index (κ2) is 18.6. The summed E-state index contributed by atoms with van der Waals surface area (Å²) in [4.78, 5) is 63.9. The molecular weight excluding hydrogens is 518 g/mol. The number of rotatable bonds is 17. The summed E-state index contributed by atoms with van der Waals surface area (Å²) in [6.07, 6.45) is 0.500. The zero-order valence-corrected chi connectivity index (χ0v) is 24.5. The molecule has 0 bridgehead atoms. The predicted octanol–water partition coefficient (Wildman–Crippen LogP) is 3.25. The maximum Gasteiger partial charge on any atom is 0.408 e. The SMILES string of the molecule is CCCCOC(=O)C[C@H](NC(=O)[C@@H](NC(=O)OCc1ccccc1)C(C)C)C(=O)N[C@@H](CC(C)C)C(=O)OCC. The molecule has 0 aliphatic rings. The number of alkyl carbamates (subject to hydrolysis) is 1. The van der Waals surface area contributed by atoms with Crippen LogP contribution in [0.3, 0.4) is 0 Å². The molecule has 0 aliphatic carbocycles. The second-order valence-electron chi connectivity index (χ2n) is 10.2. The molecule has 0 saturated heterocycles. The summed E-state index contributed by atoms with van der Waals surface area (Å²) in [5.74, 6) is -3.04. The number of esters is 2. The van der Waals surface area contributed by atoms with E-state index in [1.54, 1.807) is 32.9 Å². The first-order chi connectivity index (χ1) is 19.0. The Labute approximate surface area is 237 Å². The lowest BCUT2D eigenvalue weighted by Crippen LogP contribution is -2.57. The standard InChI is InChI=1S/C29H45N3O8/c1-7-9-15-39-24(33)17-22(26(34)31-23(16-19(3)4)28(36)38-8-2)30-27(35)25(20(5)6)32-29(37)40-18-21-13-11-10-12-14-21/h10-14,19-20,22-23,25H,7-9,15-18H2,1-6H3,(H,30,35)(H,31,34)(H,32,37)/t22-,23-,25-/m0/s1. The molecule has 3 atom stereocenters. The summed E-state index contributed by atoms with van der Waals surface area (Å²) in [6.45, 7) is 11.1. The minimum atomic E-state index is -1.35. The second-order valence-corrected chi connectivity index (χ2v) is 10.2. The fourth-order valence-electron chi connectivity index (χ4n) is 3.65. The summed E-state index contributed by atoms with van der Waals surface area (Å²) in [7, 11) is 0. The Morgan fingerprint density at radius 2 is 1.45 bits per heavy atom. The Balaban J connectivity index is 3.01. The van der Waals surface area contributed by atoms with Crippen LogP contribution in [0.1, 0.15) is 72.8 Å². The number of ether oxygens (including phenoxy) is 3. The van der Waals surface area contributed by atoms with Crippen LogP contribution in [0.2, 0.25) is 0 Å². The Bertz CT molecular complexity index is 952. The smallest absolute Gasteiger partial charge is 0.408 e. The minimum absolute atomic E-state index is 0.0127. The first-order valence-electron chi connectivity index (χ1n) is 13.9. The van der Waals surface area contributed by atoms with E-state index in [0.717, 1.165) is 12.0 Å². The molecule has 1 aromatic carbocycles. The monoisotopic (exact) mass is 563 g/mol. The molecule has 1 aromatic rings. The van der Waals surface area contributed by atoms with Gasteiger partial charge in [0.15, 0.2) is 0 Å². The van der Waals surface area contributed by atoms with Gasteiger partial charge in [0, 0.05) is 0 Å². The van der Waals surface area contributed by atoms with Gasteiger partial charge in [-0.05, 0) is 37.2 Å². The van der Waals surface area contributed by atoms with Gasteiger partial charge in [0.2, 0.25) is 11.8 Å². The maximum absolute atomic E-state index is 13.3. The molecule has 0 saturated carbocycles. The molecule has 11 heteroatoms. The van der Waals surface area contributed by atoms with Gasteiger partial charge in [-0.25, -0.2) is 9.59 Å². The van der Waals surface area contributed by atoms with Crippen LogP contribution in [-0.2, 0) is 40.0 Å². The van der Waals surface area contributed by atoms with E-state index in [1.165, 1.54) is 0 Å². The van der Waals surface area contributed by atoms with E-state index in [4.69, 9.17) is 14.2 Å². The van der Waals surface area contributed by atoms with Gasteiger partial charge in [-0.1, -0.05) is 71.4 Å². The van der Waals surface area contributed by atoms with Crippen LogP contribution in [-0.4, -0.2) is 61.2 Å². The van der Waals surface area contributed by atoms with Crippen molar-refractivity contribution in [3.8, 4) is 0 Å². The van der Waals surface area contributed by atoms with Crippen LogP contribution in [0, 0.1) is 11.8 Å². The lowest BCUT2D eigenvalue weighted by molar-refractivity contribution is -0.149. The third-order valence-corrected chi connectivity index (χ3v) is 5.79. The van der Waals surface area contributed by atoms with E-state index in [-0.39, 0.29) is 31.7 Å². The Kier molecular flexibility index (Phi) is 16.0. The largest absolute Gasteiger partial charge is 0.466 e. The van der Waals surface area contributed by atoms with Gasteiger partial charge in [-0.15, -0.1) is 0 Å². The fraction of sp³-hybridized carbons (Fsp3) is 0.621. The number of hydrogen-bond donors (Lipinski definition) is 3. The average Bonchev–Trinajstić information content (AvgIpc) is 2.90. The number of carbonyl (C=O) groups is 5. The number of hydrogen-bond acceptors (Lipinski definition) is 8. The molecule has 0 spiro atoms. The Morgan fingerprint density at radius 3 is 2.02 bits per heavy atom. The van der Waals surface area contributed by atoms with Gasteiger partial charge in [0.1, 0.15) is 24.7 Å². The number of unbranched alkanes of at least 4 members (excludes halogenated alkanes) is 1. The molecule has 11 nitrogen and oxygen atoms in total. The summed E-state index contributed by atoms with van der Waals surface area (Å²) >= 11 is 0. The molecule has 3 amide bonds. The van der Waals surface area contributed by atoms with Crippen molar-refractivity contribution >= 4 is 29.8 Å². The van der Waals surface area contributed by atoms with Gasteiger partial charge in [0.25, 0.3) is 0 Å². The summed E-state index contributed by atoms with van der Waals surface area (Å²) in [6, 6.07) is 5.68. The number of carbonyl (C=O) groups excluding carboxylic acids is 5. The van der Waals surface area contributed by atoms with E-state index in [2.05, 4.69) is 16.0 Å². The molecular formula is C29H45N3O8. The van der Waals surface area contributed by atoms with Crippen molar-refractivity contribution in [1.29, 1.82) is 0 Å². The van der Waals surface area contributed by atoms with Crippen LogP contribution in [0.4, 0.5) is 4.79 Å². The van der Waals surface area contributed by atoms with Crippen molar-refractivity contribution in [2.24, 2.45) is 11.8 Å². The molecule has 224 valence electrons. The Morgan fingerprint density at radius 1 is 0.800 bits per heavy atom. The molecule has 0 heterocycles. The molecule has 40 heavy (non-hydrogen) atoms. The third kappa shape index (κ3) is 13.4. The van der Waals surface area contributed by atoms with Gasteiger partial charge in [-0.2, -0.15) is 0 Å². The van der Waals surface area contributed by atoms with Crippen LogP contribution in [0.15, 0.2) is 30.3 Å². The number of nitrogens with one attached hydrogen (secondary N) is 3. The van der Waals surface area contributed by atoms with Crippen molar-refractivity contribution in [3.63, 3.8) is 0 Å². The summed E-state index contributed by atoms with van der Waals surface area (Å²) in [5.41, 5.74) is 0.777. The van der Waals surface area contributed by atoms with Crippen LogP contribution in [0.5, 0.6) is 0 Å². The van der Waals surface area contributed by atoms with Gasteiger partial charge in [-0.3, -0.25) is 14.4 Å². The Hall–Kier alpha value is -3.63. The van der Waals surface area contributed by atoms with E-state index >= 15 is 0 Å². The van der Waals surface area contributed by atoms with Gasteiger partial charge < -0.3 is 30.2 Å². The normalized spacial score (nSPS) is 13.1. The highest BCUT2D eigenvalue weighted by molar-refractivity contribution is 5.95. The predicted molar refractivity (Wildman–Crippen MR) is 149 cm³/mol. The van der Waals surface area contributed by atoms with E-state index in [1.807, 2.05) is 39.0 Å². The first kappa shape index (κ1) is 34.4. The van der Waals surface area contributed by atoms with Crippen LogP contribution in [0.25, 0.3) is 0 Å². The molecule has 3 N–H and O–H groups in total. The number of benzene rings is 1. The van der Waals surface area contributed by atoms with E-state index < -0.39 is 54.4 Å². The molecule has 0 aromatic heterocycles. The molecule has 0 unspecified atom stereocenters. The highest BCUT2D eigenvalue weighted by Crippen LogP contribution is 2.10. The zero-order chi connectivity index (χ0) is 30.1. The number of amides is 3. The van der Waals surface area contributed by atoms with Crippen molar-refractivity contribution in [2.45, 2.75) is 92.0 Å². The minimum Gasteiger partial charge on any atom is -0.466 e. The highest BCUT2D eigenvalue weighted by atomic mass is 16.5. The van der Waals surface area contributed by atoms with Gasteiger partial charge in [0.05, 0.1) is 19.6 Å². The molecule has 0 aliphatic heterocycles. The summed E-state index contributed by atoms with van der Waals surface area (Å²) in [5, 5.41) is 7.70.